The Bertz CT molecular complexity index is 1880. The number of benzene rings is 4. The molecule has 2 heterocycles. The molecule has 14 heteroatoms. The maximum Gasteiger partial charge on any atom is 0.586 e. The van der Waals surface area contributed by atoms with E-state index in [1.807, 2.05) is 18.2 Å². The van der Waals surface area contributed by atoms with Crippen LogP contribution in [0.3, 0.4) is 0 Å². The molecule has 2 aliphatic heterocycles. The lowest BCUT2D eigenvalue weighted by molar-refractivity contribution is -0.286. The Labute approximate surface area is 257 Å². The summed E-state index contributed by atoms with van der Waals surface area (Å²) in [6.07, 6.45) is -8.31. The third-order valence-electron chi connectivity index (χ3n) is 7.43. The molecule has 2 aliphatic rings. The van der Waals surface area contributed by atoms with Gasteiger partial charge >= 0.3 is 12.5 Å². The first-order chi connectivity index (χ1) is 21.8. The molecule has 0 spiro atoms. The minimum absolute atomic E-state index is 0.0297. The Morgan fingerprint density at radius 1 is 0.848 bits per heavy atom. The Morgan fingerprint density at radius 3 is 2.28 bits per heavy atom. The number of halogens is 6. The van der Waals surface area contributed by atoms with Gasteiger partial charge in [-0.05, 0) is 71.6 Å². The molecule has 0 aromatic heterocycles. The first-order valence-electron chi connectivity index (χ1n) is 13.8. The highest BCUT2D eigenvalue weighted by Gasteiger charge is 2.44. The van der Waals surface area contributed by atoms with Crippen LogP contribution >= 0.6 is 0 Å². The lowest BCUT2D eigenvalue weighted by Gasteiger charge is -2.18. The van der Waals surface area contributed by atoms with Crippen LogP contribution in [0.25, 0.3) is 11.1 Å². The molecule has 46 heavy (non-hydrogen) atoms. The molecule has 2 amide bonds. The van der Waals surface area contributed by atoms with Crippen molar-refractivity contribution in [2.24, 2.45) is 0 Å². The second-order valence-corrected chi connectivity index (χ2v) is 10.4. The molecule has 0 saturated carbocycles. The van der Waals surface area contributed by atoms with Gasteiger partial charge in [0.05, 0.1) is 29.5 Å². The molecule has 4 aromatic carbocycles. The lowest BCUT2D eigenvalue weighted by Crippen LogP contribution is -2.25. The van der Waals surface area contributed by atoms with Gasteiger partial charge in [0.2, 0.25) is 0 Å². The largest absolute Gasteiger partial charge is 0.586 e. The van der Waals surface area contributed by atoms with E-state index in [1.54, 1.807) is 18.2 Å². The van der Waals surface area contributed by atoms with Crippen molar-refractivity contribution in [1.29, 1.82) is 0 Å². The van der Waals surface area contributed by atoms with Crippen molar-refractivity contribution in [2.45, 2.75) is 25.4 Å². The average molecular weight is 644 g/mol. The number of carbonyl (C=O) groups is 2. The summed E-state index contributed by atoms with van der Waals surface area (Å²) in [5.74, 6) is -4.41. The number of rotatable bonds is 6. The van der Waals surface area contributed by atoms with Crippen molar-refractivity contribution in [3.05, 3.63) is 100 Å². The Morgan fingerprint density at radius 2 is 1.54 bits per heavy atom. The van der Waals surface area contributed by atoms with E-state index in [0.29, 0.717) is 17.7 Å². The fraction of sp³-hybridized carbons (Fsp3) is 0.188. The van der Waals surface area contributed by atoms with Crippen LogP contribution in [0, 0.1) is 5.82 Å². The van der Waals surface area contributed by atoms with Gasteiger partial charge in [-0.3, -0.25) is 9.59 Å². The fourth-order valence-corrected chi connectivity index (χ4v) is 5.22. The molecular formula is C32H23F6N3O5. The summed E-state index contributed by atoms with van der Waals surface area (Å²) in [4.78, 5) is 26.9. The standard InChI is InChI=1S/C32H23F6N3O5/c1-44-26-7-4-17(16-2-3-19-15-39-9-8-18(19)10-16)11-22(26)30(43)41-25-14-28-27(45-32(37,38)46-28)13-21(25)29(42)40-20-5-6-24(33)23(12-20)31(34,35)36/h2-7,10-14,39H,8-9,15H2,1H3,(H,40,42)(H,41,43). The summed E-state index contributed by atoms with van der Waals surface area (Å²) >= 11 is 0. The van der Waals surface area contributed by atoms with Crippen molar-refractivity contribution in [1.82, 2.24) is 5.32 Å². The number of methoxy groups -OCH3 is 1. The first kappa shape index (κ1) is 30.8. The van der Waals surface area contributed by atoms with E-state index in [-0.39, 0.29) is 17.0 Å². The van der Waals surface area contributed by atoms with Crippen LogP contribution in [0.15, 0.2) is 66.7 Å². The van der Waals surface area contributed by atoms with E-state index in [1.165, 1.54) is 7.11 Å². The predicted octanol–water partition coefficient (Wildman–Crippen LogP) is 6.99. The molecule has 4 aromatic rings. The SMILES string of the molecule is COc1ccc(-c2ccc3c(c2)CCNC3)cc1C(=O)Nc1cc2c(cc1C(=O)Nc1ccc(F)c(C(F)(F)F)c1)OC(F)(F)O2. The first-order valence-corrected chi connectivity index (χ1v) is 13.8. The van der Waals surface area contributed by atoms with Crippen LogP contribution in [-0.4, -0.2) is 31.8 Å². The van der Waals surface area contributed by atoms with Crippen molar-refractivity contribution in [3.63, 3.8) is 0 Å². The zero-order valence-corrected chi connectivity index (χ0v) is 23.8. The highest BCUT2D eigenvalue weighted by molar-refractivity contribution is 6.14. The molecule has 0 fully saturated rings. The van der Waals surface area contributed by atoms with Crippen molar-refractivity contribution < 1.29 is 50.1 Å². The smallest absolute Gasteiger partial charge is 0.496 e. The summed E-state index contributed by atoms with van der Waals surface area (Å²) in [6, 6.07) is 14.4. The molecule has 0 radical (unpaired) electrons. The van der Waals surface area contributed by atoms with E-state index in [9.17, 15) is 35.9 Å². The number of amides is 2. The van der Waals surface area contributed by atoms with Gasteiger partial charge in [-0.25, -0.2) is 4.39 Å². The quantitative estimate of drug-likeness (QED) is 0.196. The molecule has 3 N–H and O–H groups in total. The van der Waals surface area contributed by atoms with E-state index < -0.39 is 58.4 Å². The third kappa shape index (κ3) is 6.15. The number of anilines is 2. The molecular weight excluding hydrogens is 620 g/mol. The molecule has 0 atom stereocenters. The van der Waals surface area contributed by atoms with Gasteiger partial charge in [-0.1, -0.05) is 24.3 Å². The van der Waals surface area contributed by atoms with Crippen molar-refractivity contribution in [2.75, 3.05) is 24.3 Å². The number of hydrogen-bond donors (Lipinski definition) is 3. The number of fused-ring (bicyclic) bond motifs is 2. The Kier molecular flexibility index (Phi) is 7.76. The van der Waals surface area contributed by atoms with E-state index in [2.05, 4.69) is 25.4 Å². The number of alkyl halides is 5. The zero-order chi connectivity index (χ0) is 32.8. The third-order valence-corrected chi connectivity index (χ3v) is 7.43. The topological polar surface area (TPSA) is 97.9 Å². The summed E-state index contributed by atoms with van der Waals surface area (Å²) in [6.45, 7) is 1.57. The monoisotopic (exact) mass is 643 g/mol. The number of nitrogens with one attached hydrogen (secondary N) is 3. The average Bonchev–Trinajstić information content (AvgIpc) is 3.33. The summed E-state index contributed by atoms with van der Waals surface area (Å²) in [7, 11) is 1.34. The van der Waals surface area contributed by atoms with Crippen molar-refractivity contribution in [3.8, 4) is 28.4 Å². The second-order valence-electron chi connectivity index (χ2n) is 10.4. The summed E-state index contributed by atoms with van der Waals surface area (Å²) in [5.41, 5.74) is 0.972. The highest BCUT2D eigenvalue weighted by atomic mass is 19.4. The molecule has 0 bridgehead atoms. The summed E-state index contributed by atoms with van der Waals surface area (Å²) in [5, 5.41) is 7.96. The van der Waals surface area contributed by atoms with Gasteiger partial charge in [0.1, 0.15) is 11.6 Å². The zero-order valence-electron chi connectivity index (χ0n) is 23.8. The van der Waals surface area contributed by atoms with E-state index in [0.717, 1.165) is 54.4 Å². The normalized spacial score (nSPS) is 14.8. The van der Waals surface area contributed by atoms with Crippen LogP contribution in [0.4, 0.5) is 37.7 Å². The molecule has 0 unspecified atom stereocenters. The fourth-order valence-electron chi connectivity index (χ4n) is 5.22. The minimum Gasteiger partial charge on any atom is -0.496 e. The van der Waals surface area contributed by atoms with Gasteiger partial charge in [0.15, 0.2) is 11.5 Å². The molecule has 8 nitrogen and oxygen atoms in total. The van der Waals surface area contributed by atoms with Crippen LogP contribution < -0.4 is 30.2 Å². The van der Waals surface area contributed by atoms with Crippen LogP contribution in [-0.2, 0) is 19.1 Å². The molecule has 0 saturated heterocycles. The van der Waals surface area contributed by atoms with Crippen LogP contribution in [0.1, 0.15) is 37.4 Å². The molecule has 238 valence electrons. The van der Waals surface area contributed by atoms with Crippen molar-refractivity contribution >= 4 is 23.2 Å². The number of carbonyl (C=O) groups excluding carboxylic acids is 2. The van der Waals surface area contributed by atoms with E-state index in [4.69, 9.17) is 4.74 Å². The van der Waals surface area contributed by atoms with Gasteiger partial charge in [-0.2, -0.15) is 13.2 Å². The highest BCUT2D eigenvalue weighted by Crippen LogP contribution is 2.44. The van der Waals surface area contributed by atoms with Gasteiger partial charge in [-0.15, -0.1) is 8.78 Å². The maximum absolute atomic E-state index is 13.9. The van der Waals surface area contributed by atoms with E-state index >= 15 is 0 Å². The number of hydrogen-bond acceptors (Lipinski definition) is 6. The van der Waals surface area contributed by atoms with Gasteiger partial charge < -0.3 is 30.2 Å². The van der Waals surface area contributed by atoms with Gasteiger partial charge in [0.25, 0.3) is 11.8 Å². The minimum atomic E-state index is -5.06. The predicted molar refractivity (Wildman–Crippen MR) is 154 cm³/mol. The maximum atomic E-state index is 13.9. The lowest BCUT2D eigenvalue weighted by atomic mass is 9.94. The van der Waals surface area contributed by atoms with Gasteiger partial charge in [0, 0.05) is 18.3 Å². The second kappa shape index (κ2) is 11.6. The van der Waals surface area contributed by atoms with Crippen LogP contribution in [0.5, 0.6) is 17.2 Å². The Hall–Kier alpha value is -5.24. The van der Waals surface area contributed by atoms with Crippen LogP contribution in [0.2, 0.25) is 0 Å². The number of ether oxygens (including phenoxy) is 3. The molecule has 0 aliphatic carbocycles. The Balaban J connectivity index is 1.34. The molecule has 6 rings (SSSR count). The summed E-state index contributed by atoms with van der Waals surface area (Å²) < 4.78 is 95.6.